The third-order valence-corrected chi connectivity index (χ3v) is 6.69. The highest BCUT2D eigenvalue weighted by Gasteiger charge is 2.30. The molecule has 0 fully saturated rings. The van der Waals surface area contributed by atoms with Crippen molar-refractivity contribution in [2.75, 3.05) is 17.7 Å². The molecule has 0 unspecified atom stereocenters. The Morgan fingerprint density at radius 3 is 2.33 bits per heavy atom. The Kier molecular flexibility index (Phi) is 7.77. The zero-order valence-corrected chi connectivity index (χ0v) is 19.8. The fraction of sp³-hybridized carbons (Fsp3) is 0.409. The molecule has 0 spiro atoms. The fourth-order valence-electron chi connectivity index (χ4n) is 3.36. The van der Waals surface area contributed by atoms with Crippen LogP contribution < -0.4 is 14.4 Å². The summed E-state index contributed by atoms with van der Waals surface area (Å²) in [5, 5.41) is 3.42. The van der Waals surface area contributed by atoms with Gasteiger partial charge in [0.15, 0.2) is 0 Å². The Labute approximate surface area is 184 Å². The summed E-state index contributed by atoms with van der Waals surface area (Å²) in [7, 11) is -2.11. The summed E-state index contributed by atoms with van der Waals surface area (Å²) in [5.41, 5.74) is 3.07. The summed E-state index contributed by atoms with van der Waals surface area (Å²) < 4.78 is 31.4. The highest BCUT2D eigenvalue weighted by molar-refractivity contribution is 7.92. The lowest BCUT2D eigenvalue weighted by molar-refractivity contribution is -0.122. The summed E-state index contributed by atoms with van der Waals surface area (Å²) in [6.07, 6.45) is 1.73. The van der Waals surface area contributed by atoms with Crippen molar-refractivity contribution >= 4 is 33.2 Å². The highest BCUT2D eigenvalue weighted by Crippen LogP contribution is 2.28. The van der Waals surface area contributed by atoms with E-state index in [1.807, 2.05) is 39.0 Å². The first-order valence-corrected chi connectivity index (χ1v) is 11.9. The van der Waals surface area contributed by atoms with Crippen LogP contribution in [0.15, 0.2) is 36.4 Å². The van der Waals surface area contributed by atoms with Crippen molar-refractivity contribution in [1.82, 2.24) is 5.32 Å². The normalized spacial score (nSPS) is 13.4. The van der Waals surface area contributed by atoms with Gasteiger partial charge < -0.3 is 10.1 Å². The fourth-order valence-corrected chi connectivity index (χ4v) is 4.70. The summed E-state index contributed by atoms with van der Waals surface area (Å²) in [6.45, 7) is 7.29. The number of nitrogens with zero attached hydrogens (tertiary/aromatic N) is 1. The minimum Gasteiger partial charge on any atom is -0.496 e. The van der Waals surface area contributed by atoms with E-state index < -0.39 is 22.0 Å². The lowest BCUT2D eigenvalue weighted by Crippen LogP contribution is -2.48. The van der Waals surface area contributed by atoms with Gasteiger partial charge >= 0.3 is 0 Å². The predicted molar refractivity (Wildman–Crippen MR) is 122 cm³/mol. The van der Waals surface area contributed by atoms with Gasteiger partial charge in [0.25, 0.3) is 0 Å². The molecule has 2 aromatic rings. The molecular weight excluding hydrogens is 424 g/mol. The van der Waals surface area contributed by atoms with Gasteiger partial charge in [-0.1, -0.05) is 36.7 Å². The van der Waals surface area contributed by atoms with Crippen LogP contribution in [0.3, 0.4) is 0 Å². The molecule has 0 heterocycles. The van der Waals surface area contributed by atoms with Gasteiger partial charge in [-0.25, -0.2) is 8.42 Å². The molecule has 0 radical (unpaired) electrons. The molecule has 6 nitrogen and oxygen atoms in total. The van der Waals surface area contributed by atoms with E-state index in [0.717, 1.165) is 33.0 Å². The number of hydrogen-bond donors (Lipinski definition) is 1. The molecule has 0 saturated carbocycles. The zero-order chi connectivity index (χ0) is 22.6. The van der Waals surface area contributed by atoms with Crippen LogP contribution in [0.5, 0.6) is 5.75 Å². The first-order valence-electron chi connectivity index (χ1n) is 9.70. The van der Waals surface area contributed by atoms with Crippen LogP contribution in [0.1, 0.15) is 43.0 Å². The third-order valence-electron chi connectivity index (χ3n) is 5.04. The van der Waals surface area contributed by atoms with Crippen molar-refractivity contribution in [3.63, 3.8) is 0 Å². The van der Waals surface area contributed by atoms with Crippen molar-refractivity contribution in [2.24, 2.45) is 0 Å². The van der Waals surface area contributed by atoms with Crippen molar-refractivity contribution < 1.29 is 17.9 Å². The van der Waals surface area contributed by atoms with Crippen molar-refractivity contribution in [2.45, 2.75) is 46.2 Å². The molecule has 164 valence electrons. The summed E-state index contributed by atoms with van der Waals surface area (Å²) in [6, 6.07) is 9.46. The predicted octanol–water partition coefficient (Wildman–Crippen LogP) is 4.39. The second-order valence-corrected chi connectivity index (χ2v) is 9.63. The Bertz CT molecular complexity index is 1020. The average molecular weight is 453 g/mol. The van der Waals surface area contributed by atoms with Gasteiger partial charge in [0, 0.05) is 5.02 Å². The largest absolute Gasteiger partial charge is 0.496 e. The number of ether oxygens (including phenoxy) is 1. The summed E-state index contributed by atoms with van der Waals surface area (Å²) >= 11 is 6.19. The van der Waals surface area contributed by atoms with Crippen LogP contribution in [0.4, 0.5) is 5.69 Å². The van der Waals surface area contributed by atoms with Crippen LogP contribution in [-0.4, -0.2) is 33.7 Å². The maximum atomic E-state index is 13.0. The number of anilines is 1. The number of carbonyl (C=O) groups is 1. The molecule has 2 atom stereocenters. The van der Waals surface area contributed by atoms with E-state index in [0.29, 0.717) is 17.1 Å². The number of carbonyl (C=O) groups excluding carboxylic acids is 1. The maximum Gasteiger partial charge on any atom is 0.244 e. The number of nitrogens with one attached hydrogen (secondary N) is 1. The second-order valence-electron chi connectivity index (χ2n) is 7.37. The Morgan fingerprint density at radius 2 is 1.83 bits per heavy atom. The number of aryl methyl sites for hydroxylation is 2. The molecule has 0 saturated heterocycles. The van der Waals surface area contributed by atoms with E-state index in [9.17, 15) is 13.2 Å². The van der Waals surface area contributed by atoms with Gasteiger partial charge in [0.2, 0.25) is 15.9 Å². The maximum absolute atomic E-state index is 13.0. The summed E-state index contributed by atoms with van der Waals surface area (Å²) in [5.74, 6) is 0.380. The van der Waals surface area contributed by atoms with Gasteiger partial charge in [-0.2, -0.15) is 0 Å². The number of sulfonamides is 1. The van der Waals surface area contributed by atoms with E-state index in [1.54, 1.807) is 32.2 Å². The quantitative estimate of drug-likeness (QED) is 0.644. The number of hydrogen-bond acceptors (Lipinski definition) is 4. The molecule has 2 aromatic carbocycles. The number of halogens is 1. The number of benzene rings is 2. The first-order chi connectivity index (χ1) is 14.0. The summed E-state index contributed by atoms with van der Waals surface area (Å²) in [4.78, 5) is 13.0. The molecule has 30 heavy (non-hydrogen) atoms. The molecule has 1 amide bonds. The Morgan fingerprint density at radius 1 is 1.17 bits per heavy atom. The van der Waals surface area contributed by atoms with Crippen LogP contribution >= 0.6 is 11.6 Å². The first kappa shape index (κ1) is 24.0. The SMILES string of the molecule is CC[C@@H](NC(=O)[C@H](C)N(c1ccc(C)c(Cl)c1)S(C)(=O)=O)c1ccc(OC)c(C)c1. The zero-order valence-electron chi connectivity index (χ0n) is 18.2. The van der Waals surface area contributed by atoms with E-state index >= 15 is 0 Å². The lowest BCUT2D eigenvalue weighted by Gasteiger charge is -2.30. The standard InChI is InChI=1S/C22H29ClN2O4S/c1-7-20(17-9-11-21(29-5)15(3)12-17)24-22(26)16(4)25(30(6,27)28)18-10-8-14(2)19(23)13-18/h8-13,16,20H,7H2,1-6H3,(H,24,26)/t16-,20+/m0/s1. The highest BCUT2D eigenvalue weighted by atomic mass is 35.5. The second kappa shape index (κ2) is 9.71. The molecule has 2 rings (SSSR count). The molecule has 0 bridgehead atoms. The van der Waals surface area contributed by atoms with Crippen molar-refractivity contribution in [3.05, 3.63) is 58.1 Å². The minimum absolute atomic E-state index is 0.257. The smallest absolute Gasteiger partial charge is 0.244 e. The molecule has 8 heteroatoms. The van der Waals surface area contributed by atoms with Crippen molar-refractivity contribution in [1.29, 1.82) is 0 Å². The van der Waals surface area contributed by atoms with Gasteiger partial charge in [-0.05, 0) is 62.1 Å². The molecule has 1 N–H and O–H groups in total. The topological polar surface area (TPSA) is 75.7 Å². The van der Waals surface area contributed by atoms with Crippen LogP contribution in [-0.2, 0) is 14.8 Å². The number of rotatable bonds is 8. The third kappa shape index (κ3) is 5.46. The van der Waals surface area contributed by atoms with E-state index in [1.165, 1.54) is 0 Å². The van der Waals surface area contributed by atoms with E-state index in [2.05, 4.69) is 5.32 Å². The Balaban J connectivity index is 2.31. The number of methoxy groups -OCH3 is 1. The average Bonchev–Trinajstić information content (AvgIpc) is 2.67. The molecule has 0 aromatic heterocycles. The van der Waals surface area contributed by atoms with Gasteiger partial charge in [-0.15, -0.1) is 0 Å². The lowest BCUT2D eigenvalue weighted by atomic mass is 10.0. The Hall–Kier alpha value is -2.25. The minimum atomic E-state index is -3.72. The van der Waals surface area contributed by atoms with Crippen LogP contribution in [0, 0.1) is 13.8 Å². The molecule has 0 aliphatic heterocycles. The van der Waals surface area contributed by atoms with Gasteiger partial charge in [0.1, 0.15) is 11.8 Å². The van der Waals surface area contributed by atoms with Crippen LogP contribution in [0.2, 0.25) is 5.02 Å². The monoisotopic (exact) mass is 452 g/mol. The van der Waals surface area contributed by atoms with Gasteiger partial charge in [-0.3, -0.25) is 9.10 Å². The van der Waals surface area contributed by atoms with E-state index in [4.69, 9.17) is 16.3 Å². The van der Waals surface area contributed by atoms with E-state index in [-0.39, 0.29) is 6.04 Å². The molecular formula is C22H29ClN2O4S. The molecule has 0 aliphatic rings. The van der Waals surface area contributed by atoms with Gasteiger partial charge in [0.05, 0.1) is 25.1 Å². The molecule has 0 aliphatic carbocycles. The number of amides is 1. The van der Waals surface area contributed by atoms with Crippen LogP contribution in [0.25, 0.3) is 0 Å². The van der Waals surface area contributed by atoms with Crippen molar-refractivity contribution in [3.8, 4) is 5.75 Å².